The summed E-state index contributed by atoms with van der Waals surface area (Å²) in [6.45, 7) is 1.69. The van der Waals surface area contributed by atoms with E-state index in [4.69, 9.17) is 4.74 Å². The lowest BCUT2D eigenvalue weighted by Gasteiger charge is -2.12. The van der Waals surface area contributed by atoms with Crippen molar-refractivity contribution in [2.75, 3.05) is 19.4 Å². The van der Waals surface area contributed by atoms with Crippen molar-refractivity contribution in [1.82, 2.24) is 4.98 Å². The standard InChI is InChI=1S/C17H15F3N2O3S/c1-3-25-14(24)8-21-16(26-2)12-5-4-10(9-23)15-11(12)6-7-13(22-15)17(18,19)20/h4-7,9H,3,8H2,1-2H3. The van der Waals surface area contributed by atoms with Gasteiger partial charge in [0.05, 0.1) is 17.2 Å². The smallest absolute Gasteiger partial charge is 0.433 e. The molecule has 138 valence electrons. The second kappa shape index (κ2) is 8.31. The lowest BCUT2D eigenvalue weighted by Crippen LogP contribution is -2.11. The Morgan fingerprint density at radius 3 is 2.62 bits per heavy atom. The zero-order chi connectivity index (χ0) is 19.3. The minimum absolute atomic E-state index is 0.0423. The third-order valence-electron chi connectivity index (χ3n) is 3.39. The van der Waals surface area contributed by atoms with E-state index in [-0.39, 0.29) is 24.2 Å². The maximum absolute atomic E-state index is 12.9. The van der Waals surface area contributed by atoms with Crippen LogP contribution in [0, 0.1) is 0 Å². The number of fused-ring (bicyclic) bond motifs is 1. The van der Waals surface area contributed by atoms with Crippen molar-refractivity contribution < 1.29 is 27.5 Å². The van der Waals surface area contributed by atoms with Crippen molar-refractivity contribution >= 4 is 40.0 Å². The van der Waals surface area contributed by atoms with Gasteiger partial charge in [-0.25, -0.2) is 4.98 Å². The molecule has 0 aliphatic rings. The number of benzene rings is 1. The number of carbonyl (C=O) groups is 2. The van der Waals surface area contributed by atoms with Gasteiger partial charge in [0.15, 0.2) is 6.29 Å². The number of aromatic nitrogens is 1. The van der Waals surface area contributed by atoms with E-state index >= 15 is 0 Å². The molecule has 0 amide bonds. The molecule has 0 N–H and O–H groups in total. The van der Waals surface area contributed by atoms with Gasteiger partial charge in [-0.1, -0.05) is 6.07 Å². The number of aliphatic imine (C=N–C) groups is 1. The van der Waals surface area contributed by atoms with Crippen molar-refractivity contribution in [2.45, 2.75) is 13.1 Å². The Kier molecular flexibility index (Phi) is 6.36. The maximum atomic E-state index is 12.9. The number of carbonyl (C=O) groups excluding carboxylic acids is 2. The predicted octanol–water partition coefficient (Wildman–Crippen LogP) is 3.74. The Labute approximate surface area is 151 Å². The quantitative estimate of drug-likeness (QED) is 0.340. The van der Waals surface area contributed by atoms with E-state index in [1.807, 2.05) is 0 Å². The minimum atomic E-state index is -4.62. The molecule has 0 atom stereocenters. The summed E-state index contributed by atoms with van der Waals surface area (Å²) in [4.78, 5) is 30.5. The summed E-state index contributed by atoms with van der Waals surface area (Å²) in [5, 5.41) is 0.779. The van der Waals surface area contributed by atoms with Gasteiger partial charge in [0.2, 0.25) is 0 Å². The highest BCUT2D eigenvalue weighted by molar-refractivity contribution is 8.13. The molecule has 0 unspecified atom stereocenters. The number of nitrogens with zero attached hydrogens (tertiary/aromatic N) is 2. The summed E-state index contributed by atoms with van der Waals surface area (Å²) in [6.07, 6.45) is -2.45. The van der Waals surface area contributed by atoms with Gasteiger partial charge in [-0.05, 0) is 31.4 Å². The van der Waals surface area contributed by atoms with Gasteiger partial charge in [0.25, 0.3) is 0 Å². The first-order valence-corrected chi connectivity index (χ1v) is 8.74. The van der Waals surface area contributed by atoms with Gasteiger partial charge >= 0.3 is 12.1 Å². The van der Waals surface area contributed by atoms with Crippen LogP contribution in [0.4, 0.5) is 13.2 Å². The number of pyridine rings is 1. The molecule has 1 heterocycles. The van der Waals surface area contributed by atoms with Crippen molar-refractivity contribution in [3.05, 3.63) is 41.1 Å². The number of hydrogen-bond donors (Lipinski definition) is 0. The van der Waals surface area contributed by atoms with Crippen LogP contribution < -0.4 is 0 Å². The molecule has 1 aromatic carbocycles. The molecule has 2 rings (SSSR count). The van der Waals surface area contributed by atoms with Gasteiger partial charge in [0, 0.05) is 16.5 Å². The van der Waals surface area contributed by atoms with Crippen LogP contribution >= 0.6 is 11.8 Å². The van der Waals surface area contributed by atoms with E-state index in [0.29, 0.717) is 22.3 Å². The number of thioether (sulfide) groups is 1. The maximum Gasteiger partial charge on any atom is 0.433 e. The van der Waals surface area contributed by atoms with Crippen LogP contribution in [0.5, 0.6) is 0 Å². The Hall–Kier alpha value is -2.42. The summed E-state index contributed by atoms with van der Waals surface area (Å²) in [6, 6.07) is 5.06. The van der Waals surface area contributed by atoms with E-state index in [1.54, 1.807) is 19.2 Å². The summed E-state index contributed by atoms with van der Waals surface area (Å²) < 4.78 is 43.6. The molecule has 0 fully saturated rings. The largest absolute Gasteiger partial charge is 0.465 e. The number of hydrogen-bond acceptors (Lipinski definition) is 6. The average Bonchev–Trinajstić information content (AvgIpc) is 2.61. The molecule has 26 heavy (non-hydrogen) atoms. The van der Waals surface area contributed by atoms with Crippen LogP contribution in [0.15, 0.2) is 29.3 Å². The van der Waals surface area contributed by atoms with E-state index in [9.17, 15) is 22.8 Å². The Balaban J connectivity index is 2.58. The topological polar surface area (TPSA) is 68.6 Å². The van der Waals surface area contributed by atoms with Gasteiger partial charge in [-0.3, -0.25) is 14.6 Å². The monoisotopic (exact) mass is 384 g/mol. The van der Waals surface area contributed by atoms with Crippen LogP contribution in [0.2, 0.25) is 0 Å². The number of aldehydes is 1. The fraction of sp³-hybridized carbons (Fsp3) is 0.294. The lowest BCUT2D eigenvalue weighted by atomic mass is 10.0. The fourth-order valence-corrected chi connectivity index (χ4v) is 2.87. The van der Waals surface area contributed by atoms with Crippen molar-refractivity contribution in [1.29, 1.82) is 0 Å². The van der Waals surface area contributed by atoms with Crippen LogP contribution in [-0.4, -0.2) is 41.7 Å². The van der Waals surface area contributed by atoms with Crippen LogP contribution in [0.1, 0.15) is 28.5 Å². The van der Waals surface area contributed by atoms with Gasteiger partial charge in [0.1, 0.15) is 12.2 Å². The fourth-order valence-electron chi connectivity index (χ4n) is 2.28. The molecule has 0 spiro atoms. The third kappa shape index (κ3) is 4.40. The second-order valence-electron chi connectivity index (χ2n) is 5.04. The Morgan fingerprint density at radius 1 is 1.31 bits per heavy atom. The Morgan fingerprint density at radius 2 is 2.04 bits per heavy atom. The van der Waals surface area contributed by atoms with Crippen molar-refractivity contribution in [3.8, 4) is 0 Å². The third-order valence-corrected chi connectivity index (χ3v) is 4.12. The average molecular weight is 384 g/mol. The number of alkyl halides is 3. The molecule has 1 aromatic heterocycles. The zero-order valence-corrected chi connectivity index (χ0v) is 14.8. The lowest BCUT2D eigenvalue weighted by molar-refractivity contribution is -0.142. The van der Waals surface area contributed by atoms with Crippen molar-refractivity contribution in [3.63, 3.8) is 0 Å². The normalized spacial score (nSPS) is 12.3. The molecule has 2 aromatic rings. The molecule has 0 saturated carbocycles. The van der Waals surface area contributed by atoms with Crippen LogP contribution in [-0.2, 0) is 15.7 Å². The van der Waals surface area contributed by atoms with Crippen LogP contribution in [0.25, 0.3) is 10.9 Å². The number of halogens is 3. The SMILES string of the molecule is CCOC(=O)CN=C(SC)c1ccc(C=O)c2nc(C(F)(F)F)ccc12. The first kappa shape index (κ1) is 19.9. The molecule has 0 aliphatic carbocycles. The molecule has 0 aliphatic heterocycles. The minimum Gasteiger partial charge on any atom is -0.465 e. The second-order valence-corrected chi connectivity index (χ2v) is 5.84. The van der Waals surface area contributed by atoms with E-state index < -0.39 is 17.8 Å². The highest BCUT2D eigenvalue weighted by Gasteiger charge is 2.33. The first-order valence-electron chi connectivity index (χ1n) is 7.52. The van der Waals surface area contributed by atoms with Crippen molar-refractivity contribution in [2.24, 2.45) is 4.99 Å². The molecular formula is C17H15F3N2O3S. The summed E-state index contributed by atoms with van der Waals surface area (Å²) >= 11 is 1.23. The highest BCUT2D eigenvalue weighted by atomic mass is 32.2. The predicted molar refractivity (Wildman–Crippen MR) is 93.7 cm³/mol. The molecule has 0 saturated heterocycles. The van der Waals surface area contributed by atoms with Gasteiger partial charge < -0.3 is 4.74 Å². The van der Waals surface area contributed by atoms with Crippen LogP contribution in [0.3, 0.4) is 0 Å². The van der Waals surface area contributed by atoms with E-state index in [1.165, 1.54) is 23.9 Å². The van der Waals surface area contributed by atoms with E-state index in [0.717, 1.165) is 6.07 Å². The highest BCUT2D eigenvalue weighted by Crippen LogP contribution is 2.31. The molecule has 0 radical (unpaired) electrons. The molecule has 5 nitrogen and oxygen atoms in total. The van der Waals surface area contributed by atoms with E-state index in [2.05, 4.69) is 9.98 Å². The number of ether oxygens (including phenoxy) is 1. The number of rotatable bonds is 5. The Bertz CT molecular complexity index is 866. The first-order chi connectivity index (χ1) is 12.3. The summed E-state index contributed by atoms with van der Waals surface area (Å²) in [5.41, 5.74) is -0.617. The number of esters is 1. The molecule has 9 heteroatoms. The van der Waals surface area contributed by atoms with Gasteiger partial charge in [-0.2, -0.15) is 13.2 Å². The summed E-state index contributed by atoms with van der Waals surface area (Å²) in [7, 11) is 0. The molecule has 0 bridgehead atoms. The summed E-state index contributed by atoms with van der Waals surface area (Å²) in [5.74, 6) is -0.509. The zero-order valence-electron chi connectivity index (χ0n) is 14.0. The molecular weight excluding hydrogens is 369 g/mol. The van der Waals surface area contributed by atoms with Gasteiger partial charge in [-0.15, -0.1) is 11.8 Å².